The number of nitrogens with one attached hydrogen (secondary N) is 2. The topological polar surface area (TPSA) is 41.1 Å². The Hall–Kier alpha value is -0.720. The normalized spacial score (nSPS) is 25.2. The average Bonchev–Trinajstić information content (AvgIpc) is 2.49. The quantitative estimate of drug-likeness (QED) is 0.896. The molecule has 1 saturated heterocycles. The summed E-state index contributed by atoms with van der Waals surface area (Å²) in [6.45, 7) is 0.969. The Labute approximate surface area is 132 Å². The SMILES string of the molecule is O=C(CC1CSCCN1)NC1CCSc2c(F)cccc21. The van der Waals surface area contributed by atoms with Crippen molar-refractivity contribution < 1.29 is 9.18 Å². The summed E-state index contributed by atoms with van der Waals surface area (Å²) >= 11 is 3.43. The van der Waals surface area contributed by atoms with Crippen molar-refractivity contribution in [2.45, 2.75) is 29.8 Å². The summed E-state index contributed by atoms with van der Waals surface area (Å²) in [5.41, 5.74) is 0.922. The predicted octanol–water partition coefficient (Wildman–Crippen LogP) is 2.57. The molecule has 1 fully saturated rings. The molecule has 114 valence electrons. The molecule has 2 heterocycles. The lowest BCUT2D eigenvalue weighted by Crippen LogP contribution is -2.42. The second kappa shape index (κ2) is 7.03. The van der Waals surface area contributed by atoms with Gasteiger partial charge in [-0.3, -0.25) is 4.79 Å². The van der Waals surface area contributed by atoms with Gasteiger partial charge in [0.25, 0.3) is 0 Å². The van der Waals surface area contributed by atoms with Crippen LogP contribution in [0.5, 0.6) is 0 Å². The van der Waals surface area contributed by atoms with Crippen LogP contribution in [-0.2, 0) is 4.79 Å². The van der Waals surface area contributed by atoms with Crippen LogP contribution >= 0.6 is 23.5 Å². The van der Waals surface area contributed by atoms with Crippen molar-refractivity contribution in [3.05, 3.63) is 29.6 Å². The molecule has 1 aromatic carbocycles. The Bertz CT molecular complexity index is 520. The van der Waals surface area contributed by atoms with Crippen LogP contribution in [0.4, 0.5) is 4.39 Å². The number of hydrogen-bond acceptors (Lipinski definition) is 4. The molecule has 2 unspecified atom stereocenters. The highest BCUT2D eigenvalue weighted by Crippen LogP contribution is 2.37. The molecule has 0 spiro atoms. The minimum atomic E-state index is -0.179. The maximum Gasteiger partial charge on any atom is 0.222 e. The fourth-order valence-electron chi connectivity index (χ4n) is 2.76. The van der Waals surface area contributed by atoms with Crippen molar-refractivity contribution in [1.82, 2.24) is 10.6 Å². The second-order valence-corrected chi connectivity index (χ2v) is 7.60. The zero-order valence-electron chi connectivity index (χ0n) is 11.7. The lowest BCUT2D eigenvalue weighted by Gasteiger charge is -2.28. The van der Waals surface area contributed by atoms with Gasteiger partial charge in [-0.25, -0.2) is 4.39 Å². The van der Waals surface area contributed by atoms with E-state index in [2.05, 4.69) is 10.6 Å². The number of fused-ring (bicyclic) bond motifs is 1. The van der Waals surface area contributed by atoms with Crippen LogP contribution in [0.3, 0.4) is 0 Å². The number of carbonyl (C=O) groups excluding carboxylic acids is 1. The van der Waals surface area contributed by atoms with Gasteiger partial charge in [0.15, 0.2) is 0 Å². The Morgan fingerprint density at radius 3 is 3.14 bits per heavy atom. The van der Waals surface area contributed by atoms with E-state index in [1.54, 1.807) is 6.07 Å². The van der Waals surface area contributed by atoms with Gasteiger partial charge in [-0.1, -0.05) is 12.1 Å². The van der Waals surface area contributed by atoms with Gasteiger partial charge in [-0.05, 0) is 18.1 Å². The molecule has 0 radical (unpaired) electrons. The lowest BCUT2D eigenvalue weighted by atomic mass is 10.0. The molecular weight excluding hydrogens is 307 g/mol. The molecule has 3 nitrogen and oxygen atoms in total. The fourth-order valence-corrected chi connectivity index (χ4v) is 4.85. The molecule has 0 saturated carbocycles. The summed E-state index contributed by atoms with van der Waals surface area (Å²) in [5.74, 6) is 2.82. The largest absolute Gasteiger partial charge is 0.349 e. The van der Waals surface area contributed by atoms with E-state index in [9.17, 15) is 9.18 Å². The first-order valence-electron chi connectivity index (χ1n) is 7.26. The van der Waals surface area contributed by atoms with Crippen molar-refractivity contribution in [2.75, 3.05) is 23.8 Å². The predicted molar refractivity (Wildman–Crippen MR) is 86.4 cm³/mol. The average molecular weight is 326 g/mol. The second-order valence-electron chi connectivity index (χ2n) is 5.35. The van der Waals surface area contributed by atoms with Gasteiger partial charge in [0.2, 0.25) is 5.91 Å². The molecule has 1 amide bonds. The van der Waals surface area contributed by atoms with E-state index in [4.69, 9.17) is 0 Å². The zero-order chi connectivity index (χ0) is 14.7. The van der Waals surface area contributed by atoms with Crippen LogP contribution in [0.25, 0.3) is 0 Å². The molecule has 2 aliphatic heterocycles. The van der Waals surface area contributed by atoms with Gasteiger partial charge in [0, 0.05) is 41.2 Å². The van der Waals surface area contributed by atoms with Crippen LogP contribution in [0.2, 0.25) is 0 Å². The maximum atomic E-state index is 13.8. The van der Waals surface area contributed by atoms with Gasteiger partial charge in [-0.2, -0.15) is 11.8 Å². The van der Waals surface area contributed by atoms with E-state index in [1.165, 1.54) is 17.8 Å². The first kappa shape index (κ1) is 15.2. The number of hydrogen-bond donors (Lipinski definition) is 2. The number of halogens is 1. The molecule has 0 aliphatic carbocycles. The number of carbonyl (C=O) groups is 1. The first-order valence-corrected chi connectivity index (χ1v) is 9.40. The van der Waals surface area contributed by atoms with Crippen LogP contribution in [0, 0.1) is 5.82 Å². The minimum Gasteiger partial charge on any atom is -0.349 e. The highest BCUT2D eigenvalue weighted by molar-refractivity contribution is 7.99. The molecule has 2 N–H and O–H groups in total. The molecule has 2 aliphatic rings. The smallest absolute Gasteiger partial charge is 0.222 e. The van der Waals surface area contributed by atoms with Gasteiger partial charge in [0.05, 0.1) is 6.04 Å². The molecule has 21 heavy (non-hydrogen) atoms. The molecule has 6 heteroatoms. The molecule has 2 atom stereocenters. The first-order chi connectivity index (χ1) is 10.2. The summed E-state index contributed by atoms with van der Waals surface area (Å²) in [4.78, 5) is 12.9. The zero-order valence-corrected chi connectivity index (χ0v) is 13.4. The Morgan fingerprint density at radius 1 is 1.43 bits per heavy atom. The van der Waals surface area contributed by atoms with Crippen molar-refractivity contribution in [2.24, 2.45) is 0 Å². The number of benzene rings is 1. The maximum absolute atomic E-state index is 13.8. The van der Waals surface area contributed by atoms with Crippen molar-refractivity contribution in [3.8, 4) is 0 Å². The molecule has 3 rings (SSSR count). The standard InChI is InChI=1S/C15H19FN2OS2/c16-12-3-1-2-11-13(4-6-21-15(11)12)18-14(19)8-10-9-20-7-5-17-10/h1-3,10,13,17H,4-9H2,(H,18,19). The highest BCUT2D eigenvalue weighted by Gasteiger charge is 2.25. The van der Waals surface area contributed by atoms with E-state index >= 15 is 0 Å². The lowest BCUT2D eigenvalue weighted by molar-refractivity contribution is -0.122. The van der Waals surface area contributed by atoms with Gasteiger partial charge < -0.3 is 10.6 Å². The fraction of sp³-hybridized carbons (Fsp3) is 0.533. The number of thioether (sulfide) groups is 2. The Kier molecular flexibility index (Phi) is 5.08. The van der Waals surface area contributed by atoms with Crippen LogP contribution < -0.4 is 10.6 Å². The third-order valence-corrected chi connectivity index (χ3v) is 6.08. The van der Waals surface area contributed by atoms with E-state index in [0.29, 0.717) is 11.3 Å². The molecular formula is C15H19FN2OS2. The van der Waals surface area contributed by atoms with E-state index in [1.807, 2.05) is 17.8 Å². The van der Waals surface area contributed by atoms with Gasteiger partial charge in [0.1, 0.15) is 5.82 Å². The Morgan fingerprint density at radius 2 is 2.33 bits per heavy atom. The summed E-state index contributed by atoms with van der Waals surface area (Å²) in [6.07, 6.45) is 1.36. The number of rotatable bonds is 3. The van der Waals surface area contributed by atoms with Crippen LogP contribution in [0.15, 0.2) is 23.1 Å². The van der Waals surface area contributed by atoms with E-state index in [-0.39, 0.29) is 23.8 Å². The van der Waals surface area contributed by atoms with Crippen LogP contribution in [0.1, 0.15) is 24.4 Å². The van der Waals surface area contributed by atoms with E-state index in [0.717, 1.165) is 35.8 Å². The van der Waals surface area contributed by atoms with Crippen LogP contribution in [-0.4, -0.2) is 35.8 Å². The minimum absolute atomic E-state index is 0.0549. The van der Waals surface area contributed by atoms with Gasteiger partial charge >= 0.3 is 0 Å². The molecule has 1 aromatic rings. The van der Waals surface area contributed by atoms with E-state index < -0.39 is 0 Å². The van der Waals surface area contributed by atoms with Gasteiger partial charge in [-0.15, -0.1) is 11.8 Å². The Balaban J connectivity index is 1.63. The number of amides is 1. The summed E-state index contributed by atoms with van der Waals surface area (Å²) in [7, 11) is 0. The molecule has 0 aromatic heterocycles. The third-order valence-electron chi connectivity index (χ3n) is 3.79. The monoisotopic (exact) mass is 326 g/mol. The highest BCUT2D eigenvalue weighted by atomic mass is 32.2. The van der Waals surface area contributed by atoms with Crippen molar-refractivity contribution >= 4 is 29.4 Å². The third kappa shape index (κ3) is 3.73. The summed E-state index contributed by atoms with van der Waals surface area (Å²) in [5, 5.41) is 6.45. The summed E-state index contributed by atoms with van der Waals surface area (Å²) in [6, 6.07) is 5.33. The summed E-state index contributed by atoms with van der Waals surface area (Å²) < 4.78 is 13.8. The van der Waals surface area contributed by atoms with Crippen molar-refractivity contribution in [1.29, 1.82) is 0 Å². The van der Waals surface area contributed by atoms with Crippen molar-refractivity contribution in [3.63, 3.8) is 0 Å². The molecule has 0 bridgehead atoms.